The van der Waals surface area contributed by atoms with Crippen LogP contribution in [0.1, 0.15) is 23.6 Å². The van der Waals surface area contributed by atoms with Gasteiger partial charge in [0.2, 0.25) is 5.91 Å². The summed E-state index contributed by atoms with van der Waals surface area (Å²) in [6, 6.07) is 3.83. The van der Waals surface area contributed by atoms with E-state index in [9.17, 15) is 4.79 Å². The second-order valence-corrected chi connectivity index (χ2v) is 5.57. The molecule has 1 heterocycles. The number of rotatable bonds is 1. The van der Waals surface area contributed by atoms with Gasteiger partial charge in [0, 0.05) is 17.6 Å². The van der Waals surface area contributed by atoms with Gasteiger partial charge in [-0.25, -0.2) is 0 Å². The normalized spacial score (nSPS) is 15.7. The zero-order chi connectivity index (χ0) is 12.6. The fourth-order valence-electron chi connectivity index (χ4n) is 2.29. The fraction of sp³-hybridized carbons (Fsp3) is 0.462. The summed E-state index contributed by atoms with van der Waals surface area (Å²) in [5, 5.41) is 0. The summed E-state index contributed by atoms with van der Waals surface area (Å²) in [7, 11) is 0. The van der Waals surface area contributed by atoms with E-state index in [1.165, 1.54) is 16.7 Å². The number of hydrogen-bond acceptors (Lipinski definition) is 2. The van der Waals surface area contributed by atoms with Crippen LogP contribution in [0.15, 0.2) is 16.6 Å². The molecular formula is C13H18BrClN2O. The molecule has 5 heteroatoms. The summed E-state index contributed by atoms with van der Waals surface area (Å²) in [5.41, 5.74) is 9.49. The lowest BCUT2D eigenvalue weighted by atomic mass is 9.95. The van der Waals surface area contributed by atoms with Crippen molar-refractivity contribution in [2.45, 2.75) is 32.9 Å². The molecule has 0 unspecified atom stereocenters. The number of nitrogens with zero attached hydrogens (tertiary/aromatic N) is 1. The number of hydrogen-bond donors (Lipinski definition) is 1. The van der Waals surface area contributed by atoms with Gasteiger partial charge in [0.05, 0.1) is 6.04 Å². The highest BCUT2D eigenvalue weighted by atomic mass is 79.9. The van der Waals surface area contributed by atoms with Crippen molar-refractivity contribution in [3.63, 3.8) is 0 Å². The van der Waals surface area contributed by atoms with Gasteiger partial charge in [0.1, 0.15) is 0 Å². The van der Waals surface area contributed by atoms with Gasteiger partial charge in [0.15, 0.2) is 0 Å². The molecule has 0 aromatic heterocycles. The zero-order valence-corrected chi connectivity index (χ0v) is 13.0. The van der Waals surface area contributed by atoms with Crippen molar-refractivity contribution in [2.24, 2.45) is 5.73 Å². The van der Waals surface area contributed by atoms with Crippen molar-refractivity contribution in [2.75, 3.05) is 6.54 Å². The van der Waals surface area contributed by atoms with E-state index in [0.29, 0.717) is 6.54 Å². The molecule has 0 spiro atoms. The molecule has 2 rings (SSSR count). The first-order valence-corrected chi connectivity index (χ1v) is 6.60. The zero-order valence-electron chi connectivity index (χ0n) is 10.6. The maximum atomic E-state index is 11.9. The van der Waals surface area contributed by atoms with Crippen LogP contribution in [-0.4, -0.2) is 23.4 Å². The summed E-state index contributed by atoms with van der Waals surface area (Å²) in [6.07, 6.45) is 0.911. The highest BCUT2D eigenvalue weighted by molar-refractivity contribution is 9.10. The minimum Gasteiger partial charge on any atom is -0.337 e. The quantitative estimate of drug-likeness (QED) is 0.858. The first-order chi connectivity index (χ1) is 7.99. The molecule has 1 aliphatic heterocycles. The molecule has 1 amide bonds. The summed E-state index contributed by atoms with van der Waals surface area (Å²) in [5.74, 6) is 0.0398. The number of halogens is 2. The Morgan fingerprint density at radius 1 is 1.50 bits per heavy atom. The van der Waals surface area contributed by atoms with Crippen molar-refractivity contribution >= 4 is 34.2 Å². The lowest BCUT2D eigenvalue weighted by Gasteiger charge is -2.31. The number of aryl methyl sites for hydroxylation is 1. The van der Waals surface area contributed by atoms with Crippen molar-refractivity contribution in [1.82, 2.24) is 4.90 Å². The van der Waals surface area contributed by atoms with E-state index in [1.807, 2.05) is 4.90 Å². The smallest absolute Gasteiger partial charge is 0.239 e. The van der Waals surface area contributed by atoms with Gasteiger partial charge in [0.25, 0.3) is 0 Å². The maximum absolute atomic E-state index is 11.9. The van der Waals surface area contributed by atoms with Crippen LogP contribution in [0.5, 0.6) is 0 Å². The molecular weight excluding hydrogens is 316 g/mol. The third-order valence-electron chi connectivity index (χ3n) is 3.23. The number of fused-ring (bicyclic) bond motifs is 1. The second-order valence-electron chi connectivity index (χ2n) is 4.66. The van der Waals surface area contributed by atoms with E-state index in [2.05, 4.69) is 35.0 Å². The molecule has 0 saturated carbocycles. The summed E-state index contributed by atoms with van der Waals surface area (Å²) in [6.45, 7) is 5.29. The molecule has 1 atom stereocenters. The largest absolute Gasteiger partial charge is 0.337 e. The van der Waals surface area contributed by atoms with Crippen LogP contribution < -0.4 is 5.73 Å². The lowest BCUT2D eigenvalue weighted by Crippen LogP contribution is -2.44. The Bertz CT molecular complexity index is 463. The van der Waals surface area contributed by atoms with Crippen molar-refractivity contribution in [1.29, 1.82) is 0 Å². The number of nitrogens with two attached hydrogens (primary N) is 1. The van der Waals surface area contributed by atoms with Crippen LogP contribution in [0, 0.1) is 6.92 Å². The third-order valence-corrected chi connectivity index (χ3v) is 3.69. The van der Waals surface area contributed by atoms with Gasteiger partial charge < -0.3 is 10.6 Å². The standard InChI is InChI=1S/C13H17BrN2O.ClH/c1-8-5-11(14)6-10-3-4-16(7-12(8)10)13(17)9(2)15;/h5-6,9H,3-4,7,15H2,1-2H3;1H/t9-;/m1./s1. The monoisotopic (exact) mass is 332 g/mol. The molecule has 0 fully saturated rings. The molecule has 100 valence electrons. The highest BCUT2D eigenvalue weighted by Crippen LogP contribution is 2.26. The average molecular weight is 334 g/mol. The van der Waals surface area contributed by atoms with Crippen LogP contribution in [-0.2, 0) is 17.8 Å². The number of amides is 1. The van der Waals surface area contributed by atoms with E-state index in [-0.39, 0.29) is 18.3 Å². The average Bonchev–Trinajstić information content (AvgIpc) is 2.27. The molecule has 0 bridgehead atoms. The molecule has 0 radical (unpaired) electrons. The second kappa shape index (κ2) is 6.04. The van der Waals surface area contributed by atoms with Crippen LogP contribution in [0.2, 0.25) is 0 Å². The van der Waals surface area contributed by atoms with E-state index >= 15 is 0 Å². The van der Waals surface area contributed by atoms with Gasteiger partial charge in [-0.2, -0.15) is 0 Å². The van der Waals surface area contributed by atoms with Gasteiger partial charge >= 0.3 is 0 Å². The van der Waals surface area contributed by atoms with Gasteiger partial charge in [-0.15, -0.1) is 12.4 Å². The summed E-state index contributed by atoms with van der Waals surface area (Å²) >= 11 is 3.51. The van der Waals surface area contributed by atoms with Crippen molar-refractivity contribution in [3.8, 4) is 0 Å². The van der Waals surface area contributed by atoms with Crippen LogP contribution in [0.3, 0.4) is 0 Å². The maximum Gasteiger partial charge on any atom is 0.239 e. The Balaban J connectivity index is 0.00000162. The molecule has 2 N–H and O–H groups in total. The number of carbonyl (C=O) groups excluding carboxylic acids is 1. The van der Waals surface area contributed by atoms with Crippen LogP contribution in [0.25, 0.3) is 0 Å². The molecule has 1 aliphatic rings. The Hall–Kier alpha value is -0.580. The van der Waals surface area contributed by atoms with Gasteiger partial charge in [-0.3, -0.25) is 4.79 Å². The molecule has 18 heavy (non-hydrogen) atoms. The van der Waals surface area contributed by atoms with Crippen molar-refractivity contribution in [3.05, 3.63) is 33.3 Å². The van der Waals surface area contributed by atoms with E-state index < -0.39 is 6.04 Å². The van der Waals surface area contributed by atoms with E-state index in [0.717, 1.165) is 17.4 Å². The van der Waals surface area contributed by atoms with E-state index in [1.54, 1.807) is 6.92 Å². The number of benzene rings is 1. The third kappa shape index (κ3) is 3.05. The Morgan fingerprint density at radius 3 is 2.78 bits per heavy atom. The van der Waals surface area contributed by atoms with Gasteiger partial charge in [-0.05, 0) is 49.1 Å². The molecule has 0 saturated heterocycles. The molecule has 1 aromatic rings. The Morgan fingerprint density at radius 2 is 2.17 bits per heavy atom. The Labute approximate surface area is 122 Å². The number of carbonyl (C=O) groups is 1. The SMILES string of the molecule is Cc1cc(Br)cc2c1CN(C(=O)[C@@H](C)N)CC2.Cl. The minimum atomic E-state index is -0.410. The first kappa shape index (κ1) is 15.5. The Kier molecular flexibility index (Phi) is 5.20. The predicted molar refractivity (Wildman–Crippen MR) is 78.9 cm³/mol. The summed E-state index contributed by atoms with van der Waals surface area (Å²) in [4.78, 5) is 13.7. The molecule has 0 aliphatic carbocycles. The van der Waals surface area contributed by atoms with Crippen molar-refractivity contribution < 1.29 is 4.79 Å². The summed E-state index contributed by atoms with van der Waals surface area (Å²) < 4.78 is 1.11. The topological polar surface area (TPSA) is 46.3 Å². The van der Waals surface area contributed by atoms with E-state index in [4.69, 9.17) is 5.73 Å². The fourth-order valence-corrected chi connectivity index (χ4v) is 2.91. The predicted octanol–water partition coefficient (Wildman–Crippen LogP) is 2.41. The lowest BCUT2D eigenvalue weighted by molar-refractivity contribution is -0.133. The highest BCUT2D eigenvalue weighted by Gasteiger charge is 2.23. The molecule has 1 aromatic carbocycles. The van der Waals surface area contributed by atoms with Crippen LogP contribution >= 0.6 is 28.3 Å². The molecule has 3 nitrogen and oxygen atoms in total. The van der Waals surface area contributed by atoms with Crippen LogP contribution in [0.4, 0.5) is 0 Å². The van der Waals surface area contributed by atoms with Gasteiger partial charge in [-0.1, -0.05) is 15.9 Å². The first-order valence-electron chi connectivity index (χ1n) is 5.81. The minimum absolute atomic E-state index is 0.